The Bertz CT molecular complexity index is 197. The average Bonchev–Trinajstić information content (AvgIpc) is 2.31. The molecule has 2 saturated heterocycles. The number of rotatable bonds is 3. The summed E-state index contributed by atoms with van der Waals surface area (Å²) < 4.78 is 5.70. The van der Waals surface area contributed by atoms with Gasteiger partial charge in [-0.15, -0.1) is 0 Å². The zero-order valence-electron chi connectivity index (χ0n) is 10.2. The van der Waals surface area contributed by atoms with Gasteiger partial charge >= 0.3 is 0 Å². The third-order valence-electron chi connectivity index (χ3n) is 3.78. The fourth-order valence-electron chi connectivity index (χ4n) is 2.64. The maximum absolute atomic E-state index is 9.53. The van der Waals surface area contributed by atoms with Gasteiger partial charge in [0.2, 0.25) is 0 Å². The Morgan fingerprint density at radius 3 is 2.75 bits per heavy atom. The lowest BCUT2D eigenvalue weighted by Gasteiger charge is -2.36. The van der Waals surface area contributed by atoms with Crippen LogP contribution in [0.25, 0.3) is 0 Å². The number of aliphatic hydroxyl groups is 1. The molecule has 4 heteroatoms. The second kappa shape index (κ2) is 5.96. The Balaban J connectivity index is 1.68. The molecule has 0 spiro atoms. The van der Waals surface area contributed by atoms with E-state index in [2.05, 4.69) is 10.2 Å². The number of hydrogen-bond donors (Lipinski definition) is 2. The molecule has 94 valence electrons. The summed E-state index contributed by atoms with van der Waals surface area (Å²) in [5.41, 5.74) is 0. The molecular formula is C12H24N2O2. The number of hydrogen-bond acceptors (Lipinski definition) is 4. The molecule has 2 rings (SSSR count). The molecule has 2 heterocycles. The number of nitrogens with zero attached hydrogens (tertiary/aromatic N) is 1. The van der Waals surface area contributed by atoms with Gasteiger partial charge in [-0.25, -0.2) is 0 Å². The molecule has 0 bridgehead atoms. The molecule has 2 unspecified atom stereocenters. The van der Waals surface area contributed by atoms with Gasteiger partial charge in [0.1, 0.15) is 0 Å². The first-order chi connectivity index (χ1) is 7.75. The molecule has 0 aromatic carbocycles. The van der Waals surface area contributed by atoms with Crippen molar-refractivity contribution < 1.29 is 9.84 Å². The van der Waals surface area contributed by atoms with Crippen LogP contribution in [0.3, 0.4) is 0 Å². The monoisotopic (exact) mass is 228 g/mol. The number of nitrogens with one attached hydrogen (secondary N) is 1. The Labute approximate surface area is 98.0 Å². The van der Waals surface area contributed by atoms with Gasteiger partial charge in [0.05, 0.1) is 18.8 Å². The molecule has 0 aliphatic carbocycles. The second-order valence-electron chi connectivity index (χ2n) is 5.08. The number of likely N-dealkylation sites (tertiary alicyclic amines) is 1. The van der Waals surface area contributed by atoms with Crippen molar-refractivity contribution in [3.8, 4) is 0 Å². The lowest BCUT2D eigenvalue weighted by Crippen LogP contribution is -2.47. The van der Waals surface area contributed by atoms with Gasteiger partial charge in [0.15, 0.2) is 0 Å². The van der Waals surface area contributed by atoms with Crippen molar-refractivity contribution in [1.29, 1.82) is 0 Å². The molecule has 0 saturated carbocycles. The number of morpholine rings is 1. The second-order valence-corrected chi connectivity index (χ2v) is 5.08. The van der Waals surface area contributed by atoms with E-state index in [1.807, 2.05) is 6.92 Å². The minimum absolute atomic E-state index is 0.144. The summed E-state index contributed by atoms with van der Waals surface area (Å²) >= 11 is 0. The van der Waals surface area contributed by atoms with Gasteiger partial charge in [0.25, 0.3) is 0 Å². The molecule has 4 nitrogen and oxygen atoms in total. The van der Waals surface area contributed by atoms with Gasteiger partial charge in [-0.05, 0) is 38.8 Å². The van der Waals surface area contributed by atoms with Crippen molar-refractivity contribution in [1.82, 2.24) is 10.2 Å². The van der Waals surface area contributed by atoms with Crippen LogP contribution in [0.15, 0.2) is 0 Å². The third kappa shape index (κ3) is 3.42. The average molecular weight is 228 g/mol. The van der Waals surface area contributed by atoms with E-state index >= 15 is 0 Å². The van der Waals surface area contributed by atoms with E-state index in [-0.39, 0.29) is 6.10 Å². The van der Waals surface area contributed by atoms with E-state index in [0.717, 1.165) is 52.2 Å². The topological polar surface area (TPSA) is 44.7 Å². The summed E-state index contributed by atoms with van der Waals surface area (Å²) in [5, 5.41) is 12.9. The summed E-state index contributed by atoms with van der Waals surface area (Å²) in [5.74, 6) is 0.502. The Hall–Kier alpha value is -0.160. The lowest BCUT2D eigenvalue weighted by atomic mass is 9.92. The zero-order valence-corrected chi connectivity index (χ0v) is 10.2. The Morgan fingerprint density at radius 2 is 2.19 bits per heavy atom. The molecular weight excluding hydrogens is 204 g/mol. The highest BCUT2D eigenvalue weighted by atomic mass is 16.5. The Morgan fingerprint density at radius 1 is 1.44 bits per heavy atom. The van der Waals surface area contributed by atoms with Crippen LogP contribution >= 0.6 is 0 Å². The molecule has 2 fully saturated rings. The van der Waals surface area contributed by atoms with Gasteiger partial charge in [-0.1, -0.05) is 0 Å². The summed E-state index contributed by atoms with van der Waals surface area (Å²) in [7, 11) is 0. The maximum Gasteiger partial charge on any atom is 0.0826 e. The van der Waals surface area contributed by atoms with Crippen LogP contribution in [0, 0.1) is 5.92 Å². The highest BCUT2D eigenvalue weighted by molar-refractivity contribution is 4.78. The van der Waals surface area contributed by atoms with E-state index in [9.17, 15) is 5.11 Å². The lowest BCUT2D eigenvalue weighted by molar-refractivity contribution is -0.00703. The smallest absolute Gasteiger partial charge is 0.0826 e. The van der Waals surface area contributed by atoms with Crippen LogP contribution in [-0.4, -0.2) is 61.5 Å². The first kappa shape index (κ1) is 12.3. The van der Waals surface area contributed by atoms with Crippen molar-refractivity contribution in [3.05, 3.63) is 0 Å². The van der Waals surface area contributed by atoms with Crippen molar-refractivity contribution >= 4 is 0 Å². The van der Waals surface area contributed by atoms with E-state index in [4.69, 9.17) is 4.74 Å². The molecule has 0 aromatic heterocycles. The van der Waals surface area contributed by atoms with E-state index < -0.39 is 0 Å². The van der Waals surface area contributed by atoms with Crippen molar-refractivity contribution in [2.45, 2.75) is 32.0 Å². The molecule has 0 amide bonds. The first-order valence-electron chi connectivity index (χ1n) is 6.48. The predicted octanol–water partition coefficient (Wildman–Crippen LogP) is 0.0676. The fourth-order valence-corrected chi connectivity index (χ4v) is 2.64. The van der Waals surface area contributed by atoms with Crippen LogP contribution in [0.5, 0.6) is 0 Å². The fraction of sp³-hybridized carbons (Fsp3) is 1.00. The molecule has 2 atom stereocenters. The number of piperidine rings is 1. The normalized spacial score (nSPS) is 31.5. The standard InChI is InChI=1S/C12H24N2O2/c1-10(15)11-2-5-14(6-3-11)9-12-8-13-4-7-16-12/h10-13,15H,2-9H2,1H3. The van der Waals surface area contributed by atoms with Crippen LogP contribution < -0.4 is 5.32 Å². The van der Waals surface area contributed by atoms with Crippen molar-refractivity contribution in [2.24, 2.45) is 5.92 Å². The van der Waals surface area contributed by atoms with Gasteiger partial charge in [0, 0.05) is 19.6 Å². The van der Waals surface area contributed by atoms with Gasteiger partial charge in [-0.3, -0.25) is 0 Å². The van der Waals surface area contributed by atoms with Crippen LogP contribution in [0.1, 0.15) is 19.8 Å². The highest BCUT2D eigenvalue weighted by Crippen LogP contribution is 2.20. The quantitative estimate of drug-likeness (QED) is 0.717. The Kier molecular flexibility index (Phi) is 4.58. The molecule has 0 aromatic rings. The summed E-state index contributed by atoms with van der Waals surface area (Å²) in [6.07, 6.45) is 2.46. The largest absolute Gasteiger partial charge is 0.393 e. The molecule has 2 N–H and O–H groups in total. The van der Waals surface area contributed by atoms with Crippen LogP contribution in [0.2, 0.25) is 0 Å². The highest BCUT2D eigenvalue weighted by Gasteiger charge is 2.25. The van der Waals surface area contributed by atoms with Crippen LogP contribution in [-0.2, 0) is 4.74 Å². The van der Waals surface area contributed by atoms with Gasteiger partial charge < -0.3 is 20.1 Å². The van der Waals surface area contributed by atoms with E-state index in [0.29, 0.717) is 12.0 Å². The summed E-state index contributed by atoms with van der Waals surface area (Å²) in [6, 6.07) is 0. The summed E-state index contributed by atoms with van der Waals surface area (Å²) in [4.78, 5) is 2.47. The van der Waals surface area contributed by atoms with Crippen molar-refractivity contribution in [2.75, 3.05) is 39.3 Å². The SMILES string of the molecule is CC(O)C1CCN(CC2CNCCO2)CC1. The third-order valence-corrected chi connectivity index (χ3v) is 3.78. The minimum Gasteiger partial charge on any atom is -0.393 e. The number of ether oxygens (including phenoxy) is 1. The summed E-state index contributed by atoms with van der Waals surface area (Å²) in [6.45, 7) is 7.98. The first-order valence-corrected chi connectivity index (χ1v) is 6.48. The molecule has 16 heavy (non-hydrogen) atoms. The number of aliphatic hydroxyl groups excluding tert-OH is 1. The van der Waals surface area contributed by atoms with Gasteiger partial charge in [-0.2, -0.15) is 0 Å². The maximum atomic E-state index is 9.53. The van der Waals surface area contributed by atoms with E-state index in [1.165, 1.54) is 0 Å². The molecule has 2 aliphatic rings. The minimum atomic E-state index is -0.144. The van der Waals surface area contributed by atoms with Crippen molar-refractivity contribution in [3.63, 3.8) is 0 Å². The molecule has 0 radical (unpaired) electrons. The van der Waals surface area contributed by atoms with E-state index in [1.54, 1.807) is 0 Å². The molecule has 2 aliphatic heterocycles. The predicted molar refractivity (Wildman–Crippen MR) is 63.5 cm³/mol. The zero-order chi connectivity index (χ0) is 11.4. The van der Waals surface area contributed by atoms with Crippen LogP contribution in [0.4, 0.5) is 0 Å².